The van der Waals surface area contributed by atoms with E-state index in [-0.39, 0.29) is 35.6 Å². The third kappa shape index (κ3) is 6.11. The first-order chi connectivity index (χ1) is 15.3. The van der Waals surface area contributed by atoms with Crippen molar-refractivity contribution in [3.63, 3.8) is 0 Å². The lowest BCUT2D eigenvalue weighted by atomic mass is 9.88. The van der Waals surface area contributed by atoms with Crippen LogP contribution in [0.1, 0.15) is 53.6 Å². The standard InChI is InChI=1S/C24H30ClN3O3S/c1-15(2)16(3)26-23(30)21(27-22(29)20-5-4-14-32-20)17-10-12-28(13-11-17)24(31)18-6-8-19(25)9-7-18/h4-9,14-17,21H,10-13H2,1-3H3,(H,26,30)(H,27,29)/t16-,21+/m1/s1. The molecule has 2 heterocycles. The highest BCUT2D eigenvalue weighted by Crippen LogP contribution is 2.24. The molecule has 1 aromatic heterocycles. The normalized spacial score (nSPS) is 16.5. The van der Waals surface area contributed by atoms with Crippen LogP contribution < -0.4 is 10.6 Å². The van der Waals surface area contributed by atoms with Crippen LogP contribution in [0.25, 0.3) is 0 Å². The number of halogens is 1. The topological polar surface area (TPSA) is 78.5 Å². The van der Waals surface area contributed by atoms with Gasteiger partial charge in [-0.05, 0) is 67.3 Å². The summed E-state index contributed by atoms with van der Waals surface area (Å²) in [6.45, 7) is 7.12. The van der Waals surface area contributed by atoms with Crippen LogP contribution in [-0.4, -0.2) is 47.8 Å². The molecule has 1 saturated heterocycles. The van der Waals surface area contributed by atoms with Gasteiger partial charge in [-0.25, -0.2) is 0 Å². The molecular weight excluding hydrogens is 446 g/mol. The zero-order valence-electron chi connectivity index (χ0n) is 18.6. The zero-order valence-corrected chi connectivity index (χ0v) is 20.2. The highest BCUT2D eigenvalue weighted by Gasteiger charge is 2.35. The van der Waals surface area contributed by atoms with Gasteiger partial charge in [0.1, 0.15) is 6.04 Å². The van der Waals surface area contributed by atoms with Crippen molar-refractivity contribution in [3.05, 3.63) is 57.2 Å². The van der Waals surface area contributed by atoms with Crippen LogP contribution in [0.15, 0.2) is 41.8 Å². The summed E-state index contributed by atoms with van der Waals surface area (Å²) < 4.78 is 0. The third-order valence-electron chi connectivity index (χ3n) is 6.07. The molecule has 0 aliphatic carbocycles. The molecule has 3 amide bonds. The number of nitrogens with zero attached hydrogens (tertiary/aromatic N) is 1. The van der Waals surface area contributed by atoms with E-state index in [1.54, 1.807) is 35.2 Å². The number of hydrogen-bond acceptors (Lipinski definition) is 4. The quantitative estimate of drug-likeness (QED) is 0.629. The maximum absolute atomic E-state index is 13.1. The maximum Gasteiger partial charge on any atom is 0.262 e. The molecule has 0 unspecified atom stereocenters. The molecule has 0 saturated carbocycles. The van der Waals surface area contributed by atoms with E-state index in [1.165, 1.54) is 11.3 Å². The molecule has 1 aliphatic heterocycles. The first kappa shape index (κ1) is 24.3. The molecule has 1 aromatic carbocycles. The number of thiophene rings is 1. The Kier molecular flexibility index (Phi) is 8.32. The van der Waals surface area contributed by atoms with Crippen LogP contribution in [0, 0.1) is 11.8 Å². The Bertz CT molecular complexity index is 922. The number of piperidine rings is 1. The SMILES string of the molecule is CC(C)[C@@H](C)NC(=O)[C@@H](NC(=O)c1cccs1)C1CCN(C(=O)c2ccc(Cl)cc2)CC1. The van der Waals surface area contributed by atoms with Crippen molar-refractivity contribution in [2.75, 3.05) is 13.1 Å². The van der Waals surface area contributed by atoms with Crippen LogP contribution in [0.4, 0.5) is 0 Å². The Morgan fingerprint density at radius 1 is 1.03 bits per heavy atom. The van der Waals surface area contributed by atoms with Gasteiger partial charge in [-0.3, -0.25) is 14.4 Å². The van der Waals surface area contributed by atoms with E-state index < -0.39 is 6.04 Å². The van der Waals surface area contributed by atoms with E-state index in [0.29, 0.717) is 41.4 Å². The molecule has 0 spiro atoms. The molecule has 1 aliphatic rings. The summed E-state index contributed by atoms with van der Waals surface area (Å²) in [6.07, 6.45) is 1.27. The summed E-state index contributed by atoms with van der Waals surface area (Å²) in [7, 11) is 0. The lowest BCUT2D eigenvalue weighted by Gasteiger charge is -2.36. The summed E-state index contributed by atoms with van der Waals surface area (Å²) >= 11 is 7.27. The van der Waals surface area contributed by atoms with E-state index in [1.807, 2.05) is 32.2 Å². The smallest absolute Gasteiger partial charge is 0.262 e. The minimum Gasteiger partial charge on any atom is -0.352 e. The second-order valence-corrected chi connectivity index (χ2v) is 9.99. The third-order valence-corrected chi connectivity index (χ3v) is 7.19. The number of hydrogen-bond donors (Lipinski definition) is 2. The number of amides is 3. The number of benzene rings is 1. The van der Waals surface area contributed by atoms with E-state index in [9.17, 15) is 14.4 Å². The van der Waals surface area contributed by atoms with Crippen molar-refractivity contribution >= 4 is 40.7 Å². The van der Waals surface area contributed by atoms with E-state index in [4.69, 9.17) is 11.6 Å². The molecule has 2 atom stereocenters. The van der Waals surface area contributed by atoms with Gasteiger partial charge < -0.3 is 15.5 Å². The average Bonchev–Trinajstić information content (AvgIpc) is 3.32. The van der Waals surface area contributed by atoms with Gasteiger partial charge >= 0.3 is 0 Å². The predicted molar refractivity (Wildman–Crippen MR) is 128 cm³/mol. The molecule has 0 bridgehead atoms. The van der Waals surface area contributed by atoms with Gasteiger partial charge in [-0.15, -0.1) is 11.3 Å². The monoisotopic (exact) mass is 475 g/mol. The number of nitrogens with one attached hydrogen (secondary N) is 2. The van der Waals surface area contributed by atoms with Crippen molar-refractivity contribution in [2.45, 2.75) is 45.7 Å². The molecule has 2 aromatic rings. The largest absolute Gasteiger partial charge is 0.352 e. The highest BCUT2D eigenvalue weighted by atomic mass is 35.5. The summed E-state index contributed by atoms with van der Waals surface area (Å²) in [5.41, 5.74) is 0.596. The van der Waals surface area contributed by atoms with E-state index >= 15 is 0 Å². The first-order valence-corrected chi connectivity index (χ1v) is 12.2. The molecule has 32 heavy (non-hydrogen) atoms. The first-order valence-electron chi connectivity index (χ1n) is 11.0. The Hall–Kier alpha value is -2.38. The van der Waals surface area contributed by atoms with Gasteiger partial charge in [-0.2, -0.15) is 0 Å². The van der Waals surface area contributed by atoms with Gasteiger partial charge in [-0.1, -0.05) is 31.5 Å². The van der Waals surface area contributed by atoms with Crippen LogP contribution in [0.3, 0.4) is 0 Å². The fourth-order valence-corrected chi connectivity index (χ4v) is 4.46. The number of likely N-dealkylation sites (tertiary alicyclic amines) is 1. The van der Waals surface area contributed by atoms with Crippen LogP contribution in [0.2, 0.25) is 5.02 Å². The van der Waals surface area contributed by atoms with Crippen molar-refractivity contribution < 1.29 is 14.4 Å². The van der Waals surface area contributed by atoms with Crippen LogP contribution in [0.5, 0.6) is 0 Å². The Morgan fingerprint density at radius 2 is 1.69 bits per heavy atom. The van der Waals surface area contributed by atoms with Gasteiger partial charge in [0.15, 0.2) is 0 Å². The summed E-state index contributed by atoms with van der Waals surface area (Å²) in [4.78, 5) is 41.0. The van der Waals surface area contributed by atoms with E-state index in [0.717, 1.165) is 0 Å². The average molecular weight is 476 g/mol. The van der Waals surface area contributed by atoms with Gasteiger partial charge in [0, 0.05) is 29.7 Å². The zero-order chi connectivity index (χ0) is 23.3. The second kappa shape index (κ2) is 11.0. The molecular formula is C24H30ClN3O3S. The summed E-state index contributed by atoms with van der Waals surface area (Å²) in [5.74, 6) is -0.216. The van der Waals surface area contributed by atoms with Crippen molar-refractivity contribution in [2.24, 2.45) is 11.8 Å². The Morgan fingerprint density at radius 3 is 2.25 bits per heavy atom. The summed E-state index contributed by atoms with van der Waals surface area (Å²) in [5, 5.41) is 8.43. The van der Waals surface area contributed by atoms with Crippen molar-refractivity contribution in [3.8, 4) is 0 Å². The maximum atomic E-state index is 13.1. The van der Waals surface area contributed by atoms with Gasteiger partial charge in [0.05, 0.1) is 4.88 Å². The Balaban J connectivity index is 1.68. The molecule has 0 radical (unpaired) electrons. The van der Waals surface area contributed by atoms with Gasteiger partial charge in [0.2, 0.25) is 5.91 Å². The van der Waals surface area contributed by atoms with Gasteiger partial charge in [0.25, 0.3) is 11.8 Å². The number of carbonyl (C=O) groups excluding carboxylic acids is 3. The Labute approximate surface area is 198 Å². The lowest BCUT2D eigenvalue weighted by Crippen LogP contribution is -2.55. The predicted octanol–water partition coefficient (Wildman–Crippen LogP) is 4.21. The molecule has 8 heteroatoms. The number of carbonyl (C=O) groups is 3. The fraction of sp³-hybridized carbons (Fsp3) is 0.458. The second-order valence-electron chi connectivity index (χ2n) is 8.61. The van der Waals surface area contributed by atoms with E-state index in [2.05, 4.69) is 10.6 Å². The minimum absolute atomic E-state index is 0.00443. The lowest BCUT2D eigenvalue weighted by molar-refractivity contribution is -0.125. The number of rotatable bonds is 7. The molecule has 1 fully saturated rings. The summed E-state index contributed by atoms with van der Waals surface area (Å²) in [6, 6.07) is 9.78. The molecule has 3 rings (SSSR count). The highest BCUT2D eigenvalue weighted by molar-refractivity contribution is 7.12. The molecule has 172 valence electrons. The van der Waals surface area contributed by atoms with Crippen molar-refractivity contribution in [1.29, 1.82) is 0 Å². The molecule has 2 N–H and O–H groups in total. The van der Waals surface area contributed by atoms with Crippen LogP contribution >= 0.6 is 22.9 Å². The van der Waals surface area contributed by atoms with Crippen molar-refractivity contribution in [1.82, 2.24) is 15.5 Å². The molecule has 6 nitrogen and oxygen atoms in total. The van der Waals surface area contributed by atoms with Crippen LogP contribution in [-0.2, 0) is 4.79 Å². The minimum atomic E-state index is -0.640. The fourth-order valence-electron chi connectivity index (χ4n) is 3.71.